The Hall–Kier alpha value is -3.39. The third-order valence-electron chi connectivity index (χ3n) is 11.4. The highest BCUT2D eigenvalue weighted by molar-refractivity contribution is 8.00. The summed E-state index contributed by atoms with van der Waals surface area (Å²) >= 11 is 3.79. The molecule has 4 N–H and O–H groups in total. The number of carbonyl (C=O) groups is 7. The van der Waals surface area contributed by atoms with Gasteiger partial charge in [0.25, 0.3) is 0 Å². The van der Waals surface area contributed by atoms with Crippen LogP contribution in [0.4, 0.5) is 9.59 Å². The number of ether oxygens (including phenoxy) is 1. The molecular formula is C42H60N4O8S2. The number of nitrogens with one attached hydrogen (secondary N) is 4. The molecule has 0 aliphatic carbocycles. The van der Waals surface area contributed by atoms with Crippen molar-refractivity contribution in [2.45, 2.75) is 163 Å². The van der Waals surface area contributed by atoms with Gasteiger partial charge >= 0.3 is 18.0 Å². The normalized spacial score (nSPS) is 23.4. The number of amides is 4. The van der Waals surface area contributed by atoms with Crippen molar-refractivity contribution in [3.05, 3.63) is 34.9 Å². The average Bonchev–Trinajstić information content (AvgIpc) is 3.93. The van der Waals surface area contributed by atoms with Gasteiger partial charge in [-0.05, 0) is 74.6 Å². The summed E-state index contributed by atoms with van der Waals surface area (Å²) in [5, 5.41) is 12.8. The van der Waals surface area contributed by atoms with Gasteiger partial charge in [-0.2, -0.15) is 23.5 Å². The molecule has 5 rings (SSSR count). The highest BCUT2D eigenvalue weighted by atomic mass is 32.2. The summed E-state index contributed by atoms with van der Waals surface area (Å²) in [6.07, 6.45) is 13.5. The van der Waals surface area contributed by atoms with Crippen LogP contribution >= 0.6 is 23.5 Å². The second-order valence-corrected chi connectivity index (χ2v) is 18.4. The molecule has 56 heavy (non-hydrogen) atoms. The minimum absolute atomic E-state index is 0.0495. The number of unbranched alkanes of at least 4 members (excludes halogenated alkanes) is 6. The third-order valence-corrected chi connectivity index (χ3v) is 14.4. The van der Waals surface area contributed by atoms with E-state index in [1.165, 1.54) is 7.11 Å². The van der Waals surface area contributed by atoms with Gasteiger partial charge in [-0.3, -0.25) is 19.2 Å². The first-order valence-electron chi connectivity index (χ1n) is 20.7. The number of urea groups is 2. The van der Waals surface area contributed by atoms with Crippen molar-refractivity contribution < 1.29 is 38.3 Å². The number of fused-ring (bicyclic) bond motifs is 2. The maximum absolute atomic E-state index is 12.9. The van der Waals surface area contributed by atoms with E-state index >= 15 is 0 Å². The number of thioether (sulfide) groups is 2. The number of methoxy groups -OCH3 is 1. The quantitative estimate of drug-likeness (QED) is 0.0456. The predicted octanol–water partition coefficient (Wildman–Crippen LogP) is 6.19. The molecule has 6 unspecified atom stereocenters. The Balaban J connectivity index is 0.902. The van der Waals surface area contributed by atoms with Crippen LogP contribution in [0, 0.1) is 0 Å². The van der Waals surface area contributed by atoms with Gasteiger partial charge in [0.2, 0.25) is 0 Å². The second-order valence-electron chi connectivity index (χ2n) is 15.9. The van der Waals surface area contributed by atoms with Crippen molar-refractivity contribution >= 4 is 64.7 Å². The molecule has 0 spiro atoms. The highest BCUT2D eigenvalue weighted by Gasteiger charge is 2.43. The molecule has 12 nitrogen and oxygen atoms in total. The summed E-state index contributed by atoms with van der Waals surface area (Å²) in [4.78, 5) is 86.1. The topological polar surface area (TPSA) is 177 Å². The summed E-state index contributed by atoms with van der Waals surface area (Å²) in [6, 6.07) is 5.85. The Kier molecular flexibility index (Phi) is 17.6. The van der Waals surface area contributed by atoms with E-state index in [2.05, 4.69) is 21.3 Å². The van der Waals surface area contributed by atoms with Crippen molar-refractivity contribution in [2.24, 2.45) is 0 Å². The first-order valence-corrected chi connectivity index (χ1v) is 22.8. The lowest BCUT2D eigenvalue weighted by atomic mass is 9.96. The molecule has 4 saturated heterocycles. The summed E-state index contributed by atoms with van der Waals surface area (Å²) in [5.41, 5.74) is 1.68. The standard InChI is InChI=1S/C42H60N4O8S2/c1-54-40(51)29-21-27(23-32(49)16-6-2-4-12-30(47)14-8-10-18-36-38-34(25-55-36)43-41(52)45-38)20-28(22-29)24-33(50)17-7-3-5-13-31(48)15-9-11-19-37-39-35(26-56-37)44-42(53)46-39/h20-22,34-39H,2-19,23-26H2,1H3,(H2,43,45,52)(H2,44,46,53). The molecular weight excluding hydrogens is 753 g/mol. The van der Waals surface area contributed by atoms with Gasteiger partial charge in [-0.25, -0.2) is 14.4 Å². The molecule has 308 valence electrons. The maximum Gasteiger partial charge on any atom is 0.337 e. The molecule has 14 heteroatoms. The average molecular weight is 813 g/mol. The second kappa shape index (κ2) is 22.5. The van der Waals surface area contributed by atoms with Crippen molar-refractivity contribution in [3.63, 3.8) is 0 Å². The zero-order valence-electron chi connectivity index (χ0n) is 32.8. The van der Waals surface area contributed by atoms with Crippen LogP contribution in [0.25, 0.3) is 0 Å². The number of ketones is 4. The van der Waals surface area contributed by atoms with E-state index in [9.17, 15) is 33.6 Å². The summed E-state index contributed by atoms with van der Waals surface area (Å²) in [6.45, 7) is 0. The van der Waals surface area contributed by atoms with Crippen molar-refractivity contribution in [1.29, 1.82) is 0 Å². The highest BCUT2D eigenvalue weighted by Crippen LogP contribution is 2.34. The molecule has 1 aromatic carbocycles. The Bertz CT molecular complexity index is 1470. The molecule has 4 aliphatic rings. The summed E-state index contributed by atoms with van der Waals surface area (Å²) in [5.74, 6) is 1.99. The molecule has 4 fully saturated rings. The van der Waals surface area contributed by atoms with Crippen molar-refractivity contribution in [1.82, 2.24) is 21.3 Å². The SMILES string of the molecule is COC(=O)c1cc(CC(=O)CCCCCC(=O)CCCCC2SCC3NC(=O)NC32)cc(CC(=O)CCCCCC(=O)CCCCC2SCC3NC(=O)NC32)c1. The number of hydrogen-bond acceptors (Lipinski definition) is 10. The van der Waals surface area contributed by atoms with Crippen molar-refractivity contribution in [3.8, 4) is 0 Å². The van der Waals surface area contributed by atoms with Gasteiger partial charge in [0.15, 0.2) is 0 Å². The smallest absolute Gasteiger partial charge is 0.337 e. The van der Waals surface area contributed by atoms with E-state index < -0.39 is 5.97 Å². The van der Waals surface area contributed by atoms with Crippen LogP contribution in [0.5, 0.6) is 0 Å². The molecule has 1 aromatic rings. The number of carbonyl (C=O) groups excluding carboxylic acids is 7. The van der Waals surface area contributed by atoms with E-state index in [4.69, 9.17) is 4.74 Å². The Labute approximate surface area is 339 Å². The molecule has 0 aromatic heterocycles. The van der Waals surface area contributed by atoms with Crippen LogP contribution in [0.3, 0.4) is 0 Å². The fraction of sp³-hybridized carbons (Fsp3) is 0.690. The van der Waals surface area contributed by atoms with Gasteiger partial charge in [-0.15, -0.1) is 0 Å². The summed E-state index contributed by atoms with van der Waals surface area (Å²) < 4.78 is 4.93. The van der Waals surface area contributed by atoms with Gasteiger partial charge < -0.3 is 26.0 Å². The fourth-order valence-electron chi connectivity index (χ4n) is 8.35. The van der Waals surface area contributed by atoms with Crippen molar-refractivity contribution in [2.75, 3.05) is 18.6 Å². The number of rotatable bonds is 27. The largest absolute Gasteiger partial charge is 0.465 e. The number of benzene rings is 1. The molecule has 4 amide bonds. The summed E-state index contributed by atoms with van der Waals surface area (Å²) in [7, 11) is 1.30. The molecule has 4 aliphatic heterocycles. The van der Waals surface area contributed by atoms with Gasteiger partial charge in [-0.1, -0.05) is 31.7 Å². The van der Waals surface area contributed by atoms with Gasteiger partial charge in [0.05, 0.1) is 36.8 Å². The van der Waals surface area contributed by atoms with Crippen LogP contribution in [0.1, 0.15) is 137 Å². The van der Waals surface area contributed by atoms with Crippen LogP contribution in [-0.2, 0) is 36.8 Å². The predicted molar refractivity (Wildman–Crippen MR) is 219 cm³/mol. The zero-order chi connectivity index (χ0) is 39.9. The third kappa shape index (κ3) is 13.9. The minimum Gasteiger partial charge on any atom is -0.465 e. The van der Waals surface area contributed by atoms with E-state index in [0.29, 0.717) is 78.6 Å². The molecule has 0 radical (unpaired) electrons. The van der Waals surface area contributed by atoms with E-state index in [-0.39, 0.29) is 72.2 Å². The molecule has 0 bridgehead atoms. The van der Waals surface area contributed by atoms with Crippen LogP contribution < -0.4 is 21.3 Å². The van der Waals surface area contributed by atoms with Crippen LogP contribution in [0.15, 0.2) is 18.2 Å². The Morgan fingerprint density at radius 3 is 1.36 bits per heavy atom. The number of Topliss-reactive ketones (excluding diaryl/α,β-unsaturated/α-hetero) is 4. The lowest BCUT2D eigenvalue weighted by Crippen LogP contribution is -2.36. The fourth-order valence-corrected chi connectivity index (χ4v) is 11.4. The molecule has 4 heterocycles. The first-order chi connectivity index (χ1) is 27.1. The molecule has 0 saturated carbocycles. The van der Waals surface area contributed by atoms with Crippen LogP contribution in [0.2, 0.25) is 0 Å². The monoisotopic (exact) mass is 812 g/mol. The minimum atomic E-state index is -0.515. The number of esters is 1. The zero-order valence-corrected chi connectivity index (χ0v) is 34.5. The van der Waals surface area contributed by atoms with Gasteiger partial charge in [0.1, 0.15) is 23.1 Å². The lowest BCUT2D eigenvalue weighted by Gasteiger charge is -2.16. The van der Waals surface area contributed by atoms with E-state index in [0.717, 1.165) is 75.7 Å². The first kappa shape index (κ1) is 43.7. The lowest BCUT2D eigenvalue weighted by molar-refractivity contribution is -0.120. The van der Waals surface area contributed by atoms with Crippen LogP contribution in [-0.4, -0.2) is 94.4 Å². The van der Waals surface area contributed by atoms with E-state index in [1.807, 2.05) is 29.6 Å². The maximum atomic E-state index is 12.9. The number of hydrogen-bond donors (Lipinski definition) is 4. The molecule has 6 atom stereocenters. The Morgan fingerprint density at radius 1 is 0.554 bits per heavy atom. The van der Waals surface area contributed by atoms with E-state index in [1.54, 1.807) is 12.1 Å². The Morgan fingerprint density at radius 2 is 0.946 bits per heavy atom. The van der Waals surface area contributed by atoms with Gasteiger partial charge in [0, 0.05) is 73.4 Å².